The van der Waals surface area contributed by atoms with E-state index >= 15 is 0 Å². The van der Waals surface area contributed by atoms with Gasteiger partial charge in [-0.2, -0.15) is 4.57 Å². The Hall–Kier alpha value is -3.78. The molecule has 36 heavy (non-hydrogen) atoms. The largest absolute Gasteiger partial charge is 0.221 e. The van der Waals surface area contributed by atoms with Gasteiger partial charge in [0, 0.05) is 30.2 Å². The Morgan fingerprint density at radius 1 is 0.694 bits per heavy atom. The maximum atomic E-state index is 2.67. The van der Waals surface area contributed by atoms with Gasteiger partial charge in [0.05, 0.1) is 22.3 Å². The smallest absolute Gasteiger partial charge is 0.201 e. The van der Waals surface area contributed by atoms with Crippen molar-refractivity contribution in [2.75, 3.05) is 0 Å². The fourth-order valence-electron chi connectivity index (χ4n) is 7.93. The third kappa shape index (κ3) is 2.47. The van der Waals surface area contributed by atoms with Crippen LogP contribution in [0.1, 0.15) is 43.7 Å². The summed E-state index contributed by atoms with van der Waals surface area (Å²) in [6, 6.07) is 36.1. The average Bonchev–Trinajstić information content (AvgIpc) is 3.58. The molecule has 3 heterocycles. The molecular weight excluding hydrogens is 436 g/mol. The topological polar surface area (TPSA) is 7.76 Å². The molecule has 3 unspecified atom stereocenters. The van der Waals surface area contributed by atoms with Crippen LogP contribution in [-0.2, 0) is 18.0 Å². The molecule has 3 aromatic carbocycles. The SMILES string of the molecule is CCC12c3ccccc3-c3c4ccccc4cc[n+]3C1(CC)C2c1ccccc1-c1cccc[n+]1C. The van der Waals surface area contributed by atoms with Crippen molar-refractivity contribution in [1.29, 1.82) is 0 Å². The Morgan fingerprint density at radius 3 is 2.22 bits per heavy atom. The van der Waals surface area contributed by atoms with E-state index in [0.29, 0.717) is 5.92 Å². The van der Waals surface area contributed by atoms with E-state index < -0.39 is 0 Å². The van der Waals surface area contributed by atoms with Gasteiger partial charge in [0.1, 0.15) is 7.05 Å². The van der Waals surface area contributed by atoms with Gasteiger partial charge in [-0.1, -0.05) is 68.4 Å². The van der Waals surface area contributed by atoms with Crippen LogP contribution >= 0.6 is 0 Å². The first-order valence-electron chi connectivity index (χ1n) is 13.3. The highest BCUT2D eigenvalue weighted by Crippen LogP contribution is 2.76. The first-order chi connectivity index (χ1) is 17.7. The van der Waals surface area contributed by atoms with E-state index in [1.54, 1.807) is 0 Å². The molecule has 1 aliphatic heterocycles. The van der Waals surface area contributed by atoms with Crippen LogP contribution < -0.4 is 9.13 Å². The van der Waals surface area contributed by atoms with Crippen LogP contribution in [0.25, 0.3) is 33.3 Å². The fourth-order valence-corrected chi connectivity index (χ4v) is 7.93. The van der Waals surface area contributed by atoms with E-state index in [0.717, 1.165) is 12.8 Å². The lowest BCUT2D eigenvalue weighted by Crippen LogP contribution is -2.55. The zero-order chi connectivity index (χ0) is 24.5. The minimum Gasteiger partial charge on any atom is -0.201 e. The number of nitrogens with zero attached hydrogens (tertiary/aromatic N) is 2. The van der Waals surface area contributed by atoms with Crippen molar-refractivity contribution in [3.63, 3.8) is 0 Å². The van der Waals surface area contributed by atoms with Crippen LogP contribution in [0.4, 0.5) is 0 Å². The quantitative estimate of drug-likeness (QED) is 0.255. The minimum absolute atomic E-state index is 0.00107. The highest BCUT2D eigenvalue weighted by molar-refractivity contribution is 5.95. The zero-order valence-corrected chi connectivity index (χ0v) is 21.3. The monoisotopic (exact) mass is 468 g/mol. The Labute approximate surface area is 213 Å². The molecule has 0 radical (unpaired) electrons. The summed E-state index contributed by atoms with van der Waals surface area (Å²) in [7, 11) is 2.16. The van der Waals surface area contributed by atoms with Gasteiger partial charge in [-0.3, -0.25) is 0 Å². The van der Waals surface area contributed by atoms with Crippen molar-refractivity contribution in [2.24, 2.45) is 7.05 Å². The lowest BCUT2D eigenvalue weighted by atomic mass is 9.78. The summed E-state index contributed by atoms with van der Waals surface area (Å²) in [5, 5.41) is 2.65. The molecule has 0 spiro atoms. The molecule has 2 nitrogen and oxygen atoms in total. The lowest BCUT2D eigenvalue weighted by molar-refractivity contribution is -0.736. The summed E-state index contributed by atoms with van der Waals surface area (Å²) >= 11 is 0. The first-order valence-corrected chi connectivity index (χ1v) is 13.3. The van der Waals surface area contributed by atoms with Gasteiger partial charge in [0.25, 0.3) is 0 Å². The van der Waals surface area contributed by atoms with E-state index in [9.17, 15) is 0 Å². The molecule has 1 fully saturated rings. The number of aromatic nitrogens is 2. The molecule has 5 aromatic rings. The Balaban J connectivity index is 1.58. The molecule has 2 heteroatoms. The van der Waals surface area contributed by atoms with E-state index in [1.807, 2.05) is 0 Å². The summed E-state index contributed by atoms with van der Waals surface area (Å²) in [6.07, 6.45) is 6.73. The van der Waals surface area contributed by atoms with Gasteiger partial charge in [0.15, 0.2) is 17.9 Å². The van der Waals surface area contributed by atoms with Gasteiger partial charge >= 0.3 is 0 Å². The molecule has 3 atom stereocenters. The van der Waals surface area contributed by atoms with Crippen LogP contribution in [0, 0.1) is 0 Å². The van der Waals surface area contributed by atoms with E-state index in [2.05, 4.69) is 139 Å². The number of benzene rings is 3. The van der Waals surface area contributed by atoms with Gasteiger partial charge in [-0.05, 0) is 47.2 Å². The number of hydrogen-bond acceptors (Lipinski definition) is 0. The van der Waals surface area contributed by atoms with Gasteiger partial charge in [-0.15, -0.1) is 0 Å². The fraction of sp³-hybridized carbons (Fsp3) is 0.235. The van der Waals surface area contributed by atoms with Crippen molar-refractivity contribution in [1.82, 2.24) is 0 Å². The number of rotatable bonds is 4. The predicted molar refractivity (Wildman–Crippen MR) is 146 cm³/mol. The van der Waals surface area contributed by atoms with Crippen LogP contribution in [-0.4, -0.2) is 0 Å². The second-order valence-electron chi connectivity index (χ2n) is 10.5. The van der Waals surface area contributed by atoms with Crippen molar-refractivity contribution >= 4 is 10.8 Å². The lowest BCUT2D eigenvalue weighted by Gasteiger charge is -2.29. The molecule has 176 valence electrons. The van der Waals surface area contributed by atoms with E-state index in [1.165, 1.54) is 44.4 Å². The van der Waals surface area contributed by atoms with E-state index in [-0.39, 0.29) is 11.0 Å². The molecular formula is C34H32N2+2. The summed E-state index contributed by atoms with van der Waals surface area (Å²) in [5.74, 6) is 0.393. The molecule has 0 bridgehead atoms. The van der Waals surface area contributed by atoms with Crippen LogP contribution in [0.5, 0.6) is 0 Å². The third-order valence-electron chi connectivity index (χ3n) is 9.31. The molecule has 0 amide bonds. The third-order valence-corrected chi connectivity index (χ3v) is 9.31. The molecule has 1 saturated carbocycles. The van der Waals surface area contributed by atoms with Gasteiger partial charge < -0.3 is 0 Å². The number of pyridine rings is 2. The maximum absolute atomic E-state index is 2.67. The maximum Gasteiger partial charge on any atom is 0.221 e. The average molecular weight is 469 g/mol. The standard InChI is InChI=1S/C34H32N2/c1-4-33-29-19-11-10-18-28(29)31-25-15-7-6-14-24(25)21-23-36(31)34(33,5-2)32(33)27-17-9-8-16-26(27)30-20-12-13-22-35(30)3/h6-23,32H,4-5H2,1-3H3/q+2. The summed E-state index contributed by atoms with van der Waals surface area (Å²) in [6.45, 7) is 4.80. The molecule has 0 N–H and O–H groups in total. The number of aryl methyl sites for hydroxylation is 1. The molecule has 7 rings (SSSR count). The van der Waals surface area contributed by atoms with Crippen LogP contribution in [0.15, 0.2) is 109 Å². The van der Waals surface area contributed by atoms with Crippen molar-refractivity contribution in [3.05, 3.63) is 121 Å². The van der Waals surface area contributed by atoms with Crippen LogP contribution in [0.3, 0.4) is 0 Å². The Bertz CT molecular complexity index is 1650. The van der Waals surface area contributed by atoms with Crippen molar-refractivity contribution in [3.8, 4) is 22.5 Å². The summed E-state index contributed by atoms with van der Waals surface area (Å²) < 4.78 is 4.93. The highest BCUT2D eigenvalue weighted by Gasteiger charge is 2.85. The van der Waals surface area contributed by atoms with Crippen LogP contribution in [0.2, 0.25) is 0 Å². The molecule has 2 aromatic heterocycles. The predicted octanol–water partition coefficient (Wildman–Crippen LogP) is 6.85. The van der Waals surface area contributed by atoms with E-state index in [4.69, 9.17) is 0 Å². The van der Waals surface area contributed by atoms with Gasteiger partial charge in [-0.25, -0.2) is 4.57 Å². The zero-order valence-electron chi connectivity index (χ0n) is 21.3. The molecule has 1 aliphatic carbocycles. The minimum atomic E-state index is -0.00107. The molecule has 0 saturated heterocycles. The second-order valence-corrected chi connectivity index (χ2v) is 10.5. The van der Waals surface area contributed by atoms with Crippen molar-refractivity contribution < 1.29 is 9.13 Å². The van der Waals surface area contributed by atoms with Crippen molar-refractivity contribution in [2.45, 2.75) is 43.6 Å². The summed E-state index contributed by atoms with van der Waals surface area (Å²) in [4.78, 5) is 0. The normalized spacial score (nSPS) is 23.6. The number of hydrogen-bond donors (Lipinski definition) is 0. The molecule has 2 aliphatic rings. The number of fused-ring (bicyclic) bond motifs is 8. The summed E-state index contributed by atoms with van der Waals surface area (Å²) in [5.41, 5.74) is 8.42. The Kier molecular flexibility index (Phi) is 4.54. The second kappa shape index (κ2) is 7.61. The highest BCUT2D eigenvalue weighted by atomic mass is 15.2. The Morgan fingerprint density at radius 2 is 1.42 bits per heavy atom. The van der Waals surface area contributed by atoms with Gasteiger partial charge in [0.2, 0.25) is 11.4 Å². The first kappa shape index (κ1) is 21.5.